The van der Waals surface area contributed by atoms with Gasteiger partial charge in [-0.1, -0.05) is 0 Å². The van der Waals surface area contributed by atoms with Crippen LogP contribution in [0, 0.1) is 0 Å². The Labute approximate surface area is 228 Å². The molecule has 1 saturated heterocycles. The van der Waals surface area contributed by atoms with Crippen molar-refractivity contribution in [1.82, 2.24) is 20.2 Å². The van der Waals surface area contributed by atoms with Crippen molar-refractivity contribution in [3.63, 3.8) is 0 Å². The predicted molar refractivity (Wildman–Crippen MR) is 131 cm³/mol. The Kier molecular flexibility index (Phi) is 8.32. The molecular weight excluding hydrogens is 571 g/mol. The van der Waals surface area contributed by atoms with Gasteiger partial charge >= 0.3 is 6.18 Å². The monoisotopic (exact) mass is 597 g/mol. The Hall–Kier alpha value is -3.01. The van der Waals surface area contributed by atoms with E-state index in [4.69, 9.17) is 0 Å². The number of aromatic nitrogens is 2. The maximum Gasteiger partial charge on any atom is 0.408 e. The van der Waals surface area contributed by atoms with Crippen molar-refractivity contribution in [2.24, 2.45) is 0 Å². The minimum Gasteiger partial charge on any atom is -0.393 e. The summed E-state index contributed by atoms with van der Waals surface area (Å²) in [5, 5.41) is 14.1. The Morgan fingerprint density at radius 1 is 1.25 bits per heavy atom. The Balaban J connectivity index is 1.75. The lowest BCUT2D eigenvalue weighted by molar-refractivity contribution is -0.138. The number of nitrogens with one attached hydrogen (secondary N) is 2. The van der Waals surface area contributed by atoms with Crippen molar-refractivity contribution >= 4 is 29.0 Å². The lowest BCUT2D eigenvalue weighted by atomic mass is 10.1. The van der Waals surface area contributed by atoms with E-state index in [1.165, 1.54) is 6.92 Å². The molecule has 0 unspecified atom stereocenters. The topological polar surface area (TPSA) is 107 Å². The number of thiazole rings is 1. The van der Waals surface area contributed by atoms with E-state index < -0.39 is 84.6 Å². The van der Waals surface area contributed by atoms with Crippen LogP contribution in [0.5, 0.6) is 0 Å². The first kappa shape index (κ1) is 30.0. The number of likely N-dealkylation sites (tertiary alicyclic amines) is 1. The number of aliphatic hydroxyl groups excluding tert-OH is 1. The van der Waals surface area contributed by atoms with Crippen molar-refractivity contribution < 1.29 is 45.4 Å². The first-order chi connectivity index (χ1) is 18.6. The molecular formula is C24H26F7N5O3S. The quantitative estimate of drug-likeness (QED) is 0.387. The zero-order chi connectivity index (χ0) is 29.6. The van der Waals surface area contributed by atoms with Gasteiger partial charge in [-0.2, -0.15) is 13.2 Å². The number of nitrogens with zero attached hydrogens (tertiary/aromatic N) is 3. The predicted octanol–water partition coefficient (Wildman–Crippen LogP) is 5.02. The van der Waals surface area contributed by atoms with Crippen LogP contribution in [0.3, 0.4) is 0 Å². The zero-order valence-corrected chi connectivity index (χ0v) is 22.1. The Morgan fingerprint density at radius 3 is 2.50 bits per heavy atom. The normalized spacial score (nSPS) is 23.5. The molecule has 0 bridgehead atoms. The summed E-state index contributed by atoms with van der Waals surface area (Å²) in [6.45, 7) is 1.22. The highest BCUT2D eigenvalue weighted by Gasteiger charge is 2.46. The van der Waals surface area contributed by atoms with Crippen LogP contribution < -0.4 is 10.6 Å². The molecule has 2 aliphatic rings. The van der Waals surface area contributed by atoms with Crippen molar-refractivity contribution in [2.75, 3.05) is 11.9 Å². The van der Waals surface area contributed by atoms with Gasteiger partial charge < -0.3 is 20.6 Å². The van der Waals surface area contributed by atoms with E-state index in [0.717, 1.165) is 18.0 Å². The van der Waals surface area contributed by atoms with E-state index in [1.807, 2.05) is 5.32 Å². The smallest absolute Gasteiger partial charge is 0.393 e. The third-order valence-corrected chi connectivity index (χ3v) is 7.91. The molecule has 1 aliphatic heterocycles. The molecule has 2 amide bonds. The number of hydrogen-bond acceptors (Lipinski definition) is 7. The number of anilines is 1. The molecule has 220 valence electrons. The molecule has 0 radical (unpaired) electrons. The summed E-state index contributed by atoms with van der Waals surface area (Å²) in [4.78, 5) is 34.7. The van der Waals surface area contributed by atoms with E-state index >= 15 is 0 Å². The molecule has 1 aliphatic carbocycles. The fourth-order valence-corrected chi connectivity index (χ4v) is 5.72. The highest BCUT2D eigenvalue weighted by atomic mass is 32.1. The van der Waals surface area contributed by atoms with Crippen LogP contribution in [-0.4, -0.2) is 74.7 Å². The second kappa shape index (κ2) is 11.1. The molecule has 40 heavy (non-hydrogen) atoms. The largest absolute Gasteiger partial charge is 0.408 e. The second-order valence-corrected chi connectivity index (χ2v) is 11.0. The van der Waals surface area contributed by atoms with Crippen molar-refractivity contribution in [3.05, 3.63) is 28.5 Å². The first-order valence-electron chi connectivity index (χ1n) is 12.4. The summed E-state index contributed by atoms with van der Waals surface area (Å²) < 4.78 is 95.3. The molecule has 2 fully saturated rings. The molecule has 16 heteroatoms. The number of carbonyl (C=O) groups is 2. The molecule has 8 nitrogen and oxygen atoms in total. The maximum atomic E-state index is 14.1. The fourth-order valence-electron chi connectivity index (χ4n) is 4.72. The highest BCUT2D eigenvalue weighted by Crippen LogP contribution is 2.40. The van der Waals surface area contributed by atoms with Gasteiger partial charge in [0.1, 0.15) is 17.6 Å². The van der Waals surface area contributed by atoms with Gasteiger partial charge in [0.15, 0.2) is 5.01 Å². The van der Waals surface area contributed by atoms with Gasteiger partial charge in [0, 0.05) is 35.8 Å². The maximum absolute atomic E-state index is 14.1. The van der Waals surface area contributed by atoms with E-state index in [-0.39, 0.29) is 21.9 Å². The van der Waals surface area contributed by atoms with Crippen LogP contribution in [0.15, 0.2) is 12.3 Å². The minimum absolute atomic E-state index is 0.262. The average molecular weight is 598 g/mol. The van der Waals surface area contributed by atoms with Crippen LogP contribution in [0.2, 0.25) is 0 Å². The third-order valence-electron chi connectivity index (χ3n) is 6.82. The molecule has 0 aromatic carbocycles. The summed E-state index contributed by atoms with van der Waals surface area (Å²) in [5.74, 6) is -5.47. The molecule has 2 aromatic heterocycles. The molecule has 1 saturated carbocycles. The lowest BCUT2D eigenvalue weighted by Gasteiger charge is -2.21. The van der Waals surface area contributed by atoms with E-state index in [0.29, 0.717) is 30.2 Å². The summed E-state index contributed by atoms with van der Waals surface area (Å²) in [7, 11) is 0. The van der Waals surface area contributed by atoms with Gasteiger partial charge in [0.25, 0.3) is 24.2 Å². The second-order valence-electron chi connectivity index (χ2n) is 10.0. The van der Waals surface area contributed by atoms with Crippen molar-refractivity contribution in [3.8, 4) is 10.4 Å². The third kappa shape index (κ3) is 6.48. The van der Waals surface area contributed by atoms with E-state index in [1.54, 1.807) is 0 Å². The standard InChI is InChI=1S/C24H26F7N5O3S/c1-10-7-23(27,28)9-36(10)22(39)17-18(40-21(35-17)20(38)34-12-3-4-13(37)5-12)15-8-32-16(6-14(15)19(25)26)33-11(2)24(29,30)31/h6,8,10-13,19,37H,3-5,7,9H2,1-2H3,(H,32,33)(H,34,38)/t10-,11-,12-,13-/m0/s1. The van der Waals surface area contributed by atoms with Crippen LogP contribution in [-0.2, 0) is 0 Å². The lowest BCUT2D eigenvalue weighted by Crippen LogP contribution is -2.36. The number of aliphatic hydroxyl groups is 1. The number of amides is 2. The van der Waals surface area contributed by atoms with Gasteiger partial charge in [-0.25, -0.2) is 27.5 Å². The van der Waals surface area contributed by atoms with Gasteiger partial charge in [0.2, 0.25) is 0 Å². The SMILES string of the molecule is C[C@H](Nc1cc(C(F)F)c(-c2sc(C(=O)N[C@H]3CC[C@H](O)C3)nc2C(=O)N2CC(F)(F)C[C@@H]2C)cn1)C(F)(F)F. The van der Waals surface area contributed by atoms with E-state index in [9.17, 15) is 45.4 Å². The van der Waals surface area contributed by atoms with Crippen LogP contribution in [0.4, 0.5) is 36.6 Å². The highest BCUT2D eigenvalue weighted by molar-refractivity contribution is 7.17. The van der Waals surface area contributed by atoms with Gasteiger partial charge in [0.05, 0.1) is 17.5 Å². The molecule has 3 heterocycles. The Morgan fingerprint density at radius 2 is 1.95 bits per heavy atom. The van der Waals surface area contributed by atoms with Gasteiger partial charge in [-0.3, -0.25) is 9.59 Å². The summed E-state index contributed by atoms with van der Waals surface area (Å²) in [6, 6.07) is -2.73. The molecule has 4 rings (SSSR count). The number of pyridine rings is 1. The Bertz CT molecular complexity index is 1270. The van der Waals surface area contributed by atoms with E-state index in [2.05, 4.69) is 15.3 Å². The number of carbonyl (C=O) groups excluding carboxylic acids is 2. The minimum atomic E-state index is -4.69. The summed E-state index contributed by atoms with van der Waals surface area (Å²) in [6.07, 6.45) is -7.13. The number of alkyl halides is 7. The number of hydrogen-bond donors (Lipinski definition) is 3. The first-order valence-corrected chi connectivity index (χ1v) is 13.2. The number of halogens is 7. The van der Waals surface area contributed by atoms with Gasteiger partial charge in [-0.05, 0) is 39.2 Å². The van der Waals surface area contributed by atoms with Crippen LogP contribution in [0.1, 0.15) is 71.8 Å². The fraction of sp³-hybridized carbons (Fsp3) is 0.583. The number of rotatable bonds is 7. The summed E-state index contributed by atoms with van der Waals surface area (Å²) in [5.41, 5.74) is -1.70. The van der Waals surface area contributed by atoms with Crippen LogP contribution in [0.25, 0.3) is 10.4 Å². The zero-order valence-electron chi connectivity index (χ0n) is 21.2. The van der Waals surface area contributed by atoms with Crippen LogP contribution >= 0.6 is 11.3 Å². The molecule has 2 aromatic rings. The summed E-state index contributed by atoms with van der Waals surface area (Å²) >= 11 is 0.554. The van der Waals surface area contributed by atoms with Gasteiger partial charge in [-0.15, -0.1) is 11.3 Å². The average Bonchev–Trinajstić information content (AvgIpc) is 3.54. The van der Waals surface area contributed by atoms with Crippen molar-refractivity contribution in [2.45, 2.75) is 82.3 Å². The van der Waals surface area contributed by atoms with Crippen molar-refractivity contribution in [1.29, 1.82) is 0 Å². The molecule has 0 spiro atoms. The molecule has 3 N–H and O–H groups in total. The molecule has 4 atom stereocenters.